The van der Waals surface area contributed by atoms with Crippen molar-refractivity contribution in [3.63, 3.8) is 0 Å². The minimum absolute atomic E-state index is 0. The van der Waals surface area contributed by atoms with Crippen molar-refractivity contribution in [1.82, 2.24) is 0 Å². The van der Waals surface area contributed by atoms with Gasteiger partial charge in [0.1, 0.15) is 0 Å². The summed E-state index contributed by atoms with van der Waals surface area (Å²) < 4.78 is 0. The van der Waals surface area contributed by atoms with Crippen LogP contribution in [0.2, 0.25) is 0 Å². The van der Waals surface area contributed by atoms with E-state index in [0.29, 0.717) is 19.3 Å². The topological polar surface area (TPSA) is 128 Å². The number of ketones is 6. The molecule has 0 amide bonds. The second kappa shape index (κ2) is 18.7. The van der Waals surface area contributed by atoms with Crippen LogP contribution in [-0.2, 0) is 0 Å². The van der Waals surface area contributed by atoms with Gasteiger partial charge in [-0.05, 0) is 0 Å². The van der Waals surface area contributed by atoms with Crippen LogP contribution in [0, 0.1) is 49.4 Å². The van der Waals surface area contributed by atoms with E-state index in [0.717, 1.165) is 0 Å². The summed E-state index contributed by atoms with van der Waals surface area (Å²) in [6.07, 6.45) is 0.917. The summed E-state index contributed by atoms with van der Waals surface area (Å²) in [7, 11) is 0. The van der Waals surface area contributed by atoms with Crippen molar-refractivity contribution in [3.8, 4) is 0 Å². The summed E-state index contributed by atoms with van der Waals surface area (Å²) in [6.45, 7) is 9.33. The van der Waals surface area contributed by atoms with E-state index in [1.807, 2.05) is 0 Å². The molecule has 0 aromatic carbocycles. The maximum Gasteiger partial charge on any atom is 0.302 e. The zero-order valence-electron chi connectivity index (χ0n) is 14.2. The molecule has 0 saturated carbocycles. The molecule has 0 aliphatic heterocycles. The molecule has 6 N–H and O–H groups in total. The van der Waals surface area contributed by atoms with Gasteiger partial charge in [0.2, 0.25) is 0 Å². The molecule has 0 saturated heterocycles. The average molecular weight is 458 g/mol. The monoisotopic (exact) mass is 459 g/mol. The van der Waals surface area contributed by atoms with Crippen molar-refractivity contribution in [2.45, 2.75) is 60.8 Å². The number of hydrogen-bond acceptors (Lipinski definition) is 0. The van der Waals surface area contributed by atoms with Gasteiger partial charge in [0.15, 0.2) is 19.3 Å². The Morgan fingerprint density at radius 1 is 0.409 bits per heavy atom. The zero-order chi connectivity index (χ0) is 17.6. The van der Waals surface area contributed by atoms with Gasteiger partial charge in [0, 0.05) is 90.9 Å². The number of carbonyl (C=O) groups excluding carboxylic acids is 6. The Morgan fingerprint density at radius 3 is 0.500 bits per heavy atom. The van der Waals surface area contributed by atoms with E-state index in [4.69, 9.17) is 28.8 Å². The van der Waals surface area contributed by atoms with E-state index in [2.05, 4.69) is 0 Å². The van der Waals surface area contributed by atoms with Crippen LogP contribution in [-0.4, -0.2) is 63.5 Å². The molecular weight excluding hydrogens is 428 g/mol. The van der Waals surface area contributed by atoms with Crippen LogP contribution >= 0.6 is 0 Å². The molecule has 0 aromatic heterocycles. The third-order valence-corrected chi connectivity index (χ3v) is 1.54. The van der Waals surface area contributed by atoms with E-state index in [1.165, 1.54) is 0 Å². The maximum absolute atomic E-state index is 8.46. The first-order chi connectivity index (χ1) is 9.38. The quantitative estimate of drug-likeness (QED) is 0.423. The van der Waals surface area contributed by atoms with E-state index in [-0.39, 0.29) is 84.1 Å². The van der Waals surface area contributed by atoms with Gasteiger partial charge in [-0.15, -0.1) is 0 Å². The van der Waals surface area contributed by atoms with Crippen LogP contribution in [0.3, 0.4) is 0 Å². The van der Waals surface area contributed by atoms with Crippen molar-refractivity contribution in [2.24, 2.45) is 0 Å². The van der Waals surface area contributed by atoms with Crippen LogP contribution in [0.4, 0.5) is 0 Å². The molecule has 0 unspecified atom stereocenters. The van der Waals surface area contributed by atoms with Gasteiger partial charge in [0.05, 0.1) is 0 Å². The van der Waals surface area contributed by atoms with Crippen LogP contribution in [0.1, 0.15) is 60.8 Å². The second-order valence-electron chi connectivity index (χ2n) is 4.94. The molecule has 0 bridgehead atoms. The summed E-state index contributed by atoms with van der Waals surface area (Å²) in [6, 6.07) is 0. The normalized spacial score (nSPS) is 7.91. The standard InChI is InChI=1S/3C5H8O2.Eu/c3*1-4(6)3-5(2)7;/h3*3H2,1-2H3;/p+6. The fourth-order valence-electron chi connectivity index (χ4n) is 1.11. The molecule has 0 fully saturated rings. The minimum Gasteiger partial charge on any atom is -0.283 e. The molecular formula is C15H30EuO6+6. The van der Waals surface area contributed by atoms with E-state index in [1.54, 1.807) is 41.5 Å². The van der Waals surface area contributed by atoms with E-state index in [9.17, 15) is 0 Å². The van der Waals surface area contributed by atoms with E-state index >= 15 is 0 Å². The third-order valence-electron chi connectivity index (χ3n) is 1.54. The first-order valence-electron chi connectivity index (χ1n) is 6.46. The smallest absolute Gasteiger partial charge is 0.283 e. The molecule has 0 aliphatic carbocycles. The summed E-state index contributed by atoms with van der Waals surface area (Å²) in [4.78, 5) is 50.8. The van der Waals surface area contributed by atoms with Gasteiger partial charge in [-0.3, -0.25) is 28.8 Å². The van der Waals surface area contributed by atoms with Crippen LogP contribution in [0.5, 0.6) is 0 Å². The van der Waals surface area contributed by atoms with Crippen molar-refractivity contribution in [1.29, 1.82) is 0 Å². The molecule has 7 heteroatoms. The molecule has 0 spiro atoms. The Balaban J connectivity index is -0.000000108. The molecule has 0 rings (SSSR count). The molecule has 0 atom stereocenters. The average Bonchev–Trinajstić information content (AvgIpc) is 2.10. The molecule has 127 valence electrons. The number of rotatable bonds is 6. The van der Waals surface area contributed by atoms with Gasteiger partial charge < -0.3 is 0 Å². The van der Waals surface area contributed by atoms with Gasteiger partial charge in [-0.25, -0.2) is 0 Å². The molecule has 0 aromatic rings. The fraction of sp³-hybridized carbons (Fsp3) is 0.600. The molecule has 1 radical (unpaired) electrons. The van der Waals surface area contributed by atoms with Gasteiger partial charge in [-0.1, -0.05) is 0 Å². The van der Waals surface area contributed by atoms with Gasteiger partial charge in [0.25, 0.3) is 0 Å². The van der Waals surface area contributed by atoms with Crippen molar-refractivity contribution >= 4 is 34.7 Å². The van der Waals surface area contributed by atoms with Crippen molar-refractivity contribution < 1.29 is 78.1 Å². The van der Waals surface area contributed by atoms with Crippen molar-refractivity contribution in [3.05, 3.63) is 0 Å². The SMILES string of the molecule is CC(=[OH+])CC(C)=[OH+].CC(=[OH+])CC(C)=[OH+].CC(=[OH+])CC(C)=[OH+].[Eu]. The Hall–Kier alpha value is -0.396. The summed E-state index contributed by atoms with van der Waals surface area (Å²) in [5.74, 6) is 1.50. The number of hydrogen-bond donors (Lipinski definition) is 0. The van der Waals surface area contributed by atoms with Crippen LogP contribution < -0.4 is 0 Å². The molecule has 0 aliphatic rings. The summed E-state index contributed by atoms with van der Waals surface area (Å²) in [5, 5.41) is 0. The Kier molecular flexibility index (Phi) is 25.1. The van der Waals surface area contributed by atoms with Gasteiger partial charge in [-0.2, -0.15) is 0 Å². The Labute approximate surface area is 172 Å². The molecule has 6 nitrogen and oxygen atoms in total. The summed E-state index contributed by atoms with van der Waals surface area (Å²) >= 11 is 0. The predicted octanol–water partition coefficient (Wildman–Crippen LogP) is 1.52. The maximum atomic E-state index is 8.46. The Morgan fingerprint density at radius 2 is 0.500 bits per heavy atom. The largest absolute Gasteiger partial charge is 0.302 e. The van der Waals surface area contributed by atoms with Crippen LogP contribution in [0.15, 0.2) is 0 Å². The van der Waals surface area contributed by atoms with Crippen molar-refractivity contribution in [2.75, 3.05) is 0 Å². The minimum atomic E-state index is 0. The van der Waals surface area contributed by atoms with Gasteiger partial charge >= 0.3 is 34.7 Å². The van der Waals surface area contributed by atoms with E-state index < -0.39 is 0 Å². The first kappa shape index (κ1) is 29.6. The predicted molar refractivity (Wildman–Crippen MR) is 89.6 cm³/mol. The summed E-state index contributed by atoms with van der Waals surface area (Å²) in [5.41, 5.74) is 0. The Bertz CT molecular complexity index is 314. The third kappa shape index (κ3) is 50.4. The zero-order valence-corrected chi connectivity index (χ0v) is 16.6. The molecule has 0 heterocycles. The first-order valence-corrected chi connectivity index (χ1v) is 6.46. The van der Waals surface area contributed by atoms with Crippen LogP contribution in [0.25, 0.3) is 0 Å². The fourth-order valence-corrected chi connectivity index (χ4v) is 1.11. The molecule has 22 heavy (non-hydrogen) atoms. The second-order valence-corrected chi connectivity index (χ2v) is 4.94.